The molecule has 186 valence electrons. The second-order valence-electron chi connectivity index (χ2n) is 7.57. The number of rotatable bonds is 11. The van der Waals surface area contributed by atoms with Gasteiger partial charge in [0.15, 0.2) is 11.5 Å². The Morgan fingerprint density at radius 1 is 0.765 bits per heavy atom. The quantitative estimate of drug-likeness (QED) is 0.375. The lowest BCUT2D eigenvalue weighted by atomic mass is 10.2. The first-order valence-corrected chi connectivity index (χ1v) is 11.4. The highest BCUT2D eigenvalue weighted by atomic mass is 16.5. The van der Waals surface area contributed by atoms with Gasteiger partial charge in [-0.15, -0.1) is 0 Å². The van der Waals surface area contributed by atoms with E-state index in [1.54, 1.807) is 0 Å². The summed E-state index contributed by atoms with van der Waals surface area (Å²) in [6.45, 7) is 11.4. The minimum absolute atomic E-state index is 0.523. The van der Waals surface area contributed by atoms with E-state index in [2.05, 4.69) is 28.9 Å². The molecule has 9 heteroatoms. The molecule has 1 aliphatic heterocycles. The van der Waals surface area contributed by atoms with Crippen molar-refractivity contribution in [3.8, 4) is 11.5 Å². The van der Waals surface area contributed by atoms with Gasteiger partial charge in [-0.1, -0.05) is 49.4 Å². The van der Waals surface area contributed by atoms with Crippen LogP contribution in [0.15, 0.2) is 54.6 Å². The first-order valence-electron chi connectivity index (χ1n) is 11.4. The molecule has 9 nitrogen and oxygen atoms in total. The van der Waals surface area contributed by atoms with Gasteiger partial charge < -0.3 is 29.3 Å². The van der Waals surface area contributed by atoms with Gasteiger partial charge in [-0.05, 0) is 24.2 Å². The topological polar surface area (TPSA) is 109 Å². The van der Waals surface area contributed by atoms with Crippen LogP contribution < -0.4 is 9.47 Å². The van der Waals surface area contributed by atoms with Crippen LogP contribution in [0.5, 0.6) is 11.5 Å². The summed E-state index contributed by atoms with van der Waals surface area (Å²) in [7, 11) is 0. The summed E-state index contributed by atoms with van der Waals surface area (Å²) in [5.74, 6) is -2.12. The van der Waals surface area contributed by atoms with Gasteiger partial charge in [0.25, 0.3) is 0 Å². The van der Waals surface area contributed by atoms with Crippen LogP contribution in [-0.2, 0) is 20.9 Å². The smallest absolute Gasteiger partial charge is 0.414 e. The second-order valence-corrected chi connectivity index (χ2v) is 7.57. The second kappa shape index (κ2) is 15.7. The molecule has 2 aromatic carbocycles. The van der Waals surface area contributed by atoms with Crippen molar-refractivity contribution < 1.29 is 34.0 Å². The molecule has 2 N–H and O–H groups in total. The maximum absolute atomic E-state index is 9.10. The summed E-state index contributed by atoms with van der Waals surface area (Å²) >= 11 is 0. The predicted octanol–water partition coefficient (Wildman–Crippen LogP) is 2.45. The molecule has 0 aliphatic carbocycles. The highest BCUT2D eigenvalue weighted by Crippen LogP contribution is 2.27. The van der Waals surface area contributed by atoms with Gasteiger partial charge in [-0.2, -0.15) is 0 Å². The number of carboxylic acids is 2. The summed E-state index contributed by atoms with van der Waals surface area (Å²) in [6.07, 6.45) is 0. The standard InChI is InChI=1S/C23H32N2O3.C2H2O4/c1-2-24-12-14-25(15-13-24)16-17-26-18-19-27-22-10-6-7-11-23(22)28-20-21-8-4-3-5-9-21;3-1(4)2(5)6/h3-11H,2,12-20H2,1H3;(H,3,4)(H,5,6). The molecule has 1 aliphatic rings. The third kappa shape index (κ3) is 10.7. The number of para-hydroxylation sites is 2. The van der Waals surface area contributed by atoms with E-state index in [1.807, 2.05) is 42.5 Å². The fourth-order valence-electron chi connectivity index (χ4n) is 3.26. The van der Waals surface area contributed by atoms with Gasteiger partial charge in [-0.3, -0.25) is 4.90 Å². The zero-order valence-corrected chi connectivity index (χ0v) is 19.6. The molecule has 1 fully saturated rings. The van der Waals surface area contributed by atoms with Crippen LogP contribution in [0.25, 0.3) is 0 Å². The van der Waals surface area contributed by atoms with Gasteiger partial charge in [-0.25, -0.2) is 9.59 Å². The normalized spacial score (nSPS) is 14.0. The number of hydrogen-bond acceptors (Lipinski definition) is 7. The first-order chi connectivity index (χ1) is 16.5. The molecule has 1 heterocycles. The number of nitrogens with zero attached hydrogens (tertiary/aromatic N) is 2. The molecule has 0 unspecified atom stereocenters. The maximum Gasteiger partial charge on any atom is 0.414 e. The van der Waals surface area contributed by atoms with Crippen molar-refractivity contribution in [2.24, 2.45) is 0 Å². The van der Waals surface area contributed by atoms with Crippen molar-refractivity contribution in [3.05, 3.63) is 60.2 Å². The van der Waals surface area contributed by atoms with E-state index in [1.165, 1.54) is 13.1 Å². The number of ether oxygens (including phenoxy) is 3. The predicted molar refractivity (Wildman–Crippen MR) is 127 cm³/mol. The molecule has 3 rings (SSSR count). The molecular formula is C25H34N2O7. The Morgan fingerprint density at radius 2 is 1.32 bits per heavy atom. The van der Waals surface area contributed by atoms with Gasteiger partial charge in [0.1, 0.15) is 13.2 Å². The molecule has 0 atom stereocenters. The monoisotopic (exact) mass is 474 g/mol. The zero-order chi connectivity index (χ0) is 24.6. The zero-order valence-electron chi connectivity index (χ0n) is 19.6. The third-order valence-electron chi connectivity index (χ3n) is 5.22. The van der Waals surface area contributed by atoms with Crippen LogP contribution in [0.2, 0.25) is 0 Å². The largest absolute Gasteiger partial charge is 0.487 e. The Balaban J connectivity index is 0.000000604. The van der Waals surface area contributed by atoms with Crippen LogP contribution in [0, 0.1) is 0 Å². The average Bonchev–Trinajstić information content (AvgIpc) is 2.86. The van der Waals surface area contributed by atoms with Crippen molar-refractivity contribution in [3.63, 3.8) is 0 Å². The lowest BCUT2D eigenvalue weighted by Gasteiger charge is -2.33. The van der Waals surface area contributed by atoms with E-state index in [4.69, 9.17) is 34.0 Å². The SMILES string of the molecule is CCN1CCN(CCOCCOc2ccccc2OCc2ccccc2)CC1.O=C(O)C(=O)O. The number of piperazine rings is 1. The molecule has 0 amide bonds. The highest BCUT2D eigenvalue weighted by Gasteiger charge is 2.14. The maximum atomic E-state index is 9.10. The Kier molecular flexibility index (Phi) is 12.5. The molecule has 0 bridgehead atoms. The molecule has 0 aromatic heterocycles. The van der Waals surface area contributed by atoms with E-state index >= 15 is 0 Å². The van der Waals surface area contributed by atoms with E-state index in [9.17, 15) is 0 Å². The molecular weight excluding hydrogens is 440 g/mol. The molecule has 2 aromatic rings. The van der Waals surface area contributed by atoms with Crippen LogP contribution in [0.1, 0.15) is 12.5 Å². The Morgan fingerprint density at radius 3 is 1.91 bits per heavy atom. The number of likely N-dealkylation sites (N-methyl/N-ethyl adjacent to an activating group) is 1. The van der Waals surface area contributed by atoms with Crippen LogP contribution in [0.3, 0.4) is 0 Å². The van der Waals surface area contributed by atoms with Gasteiger partial charge in [0.05, 0.1) is 13.2 Å². The Hall–Kier alpha value is -3.14. The summed E-state index contributed by atoms with van der Waals surface area (Å²) in [5.41, 5.74) is 1.14. The van der Waals surface area contributed by atoms with Crippen LogP contribution in [-0.4, -0.2) is 91.0 Å². The number of benzene rings is 2. The van der Waals surface area contributed by atoms with Crippen LogP contribution in [0.4, 0.5) is 0 Å². The lowest BCUT2D eigenvalue weighted by molar-refractivity contribution is -0.159. The molecule has 34 heavy (non-hydrogen) atoms. The number of carbonyl (C=O) groups is 2. The summed E-state index contributed by atoms with van der Waals surface area (Å²) in [5, 5.41) is 14.8. The number of carboxylic acid groups (broad SMARTS) is 2. The number of aliphatic carboxylic acids is 2. The van der Waals surface area contributed by atoms with Crippen molar-refractivity contribution in [1.29, 1.82) is 0 Å². The van der Waals surface area contributed by atoms with E-state index in [0.29, 0.717) is 19.8 Å². The Bertz CT molecular complexity index is 843. The van der Waals surface area contributed by atoms with E-state index in [0.717, 1.165) is 49.8 Å². The van der Waals surface area contributed by atoms with Crippen molar-refractivity contribution in [2.45, 2.75) is 13.5 Å². The van der Waals surface area contributed by atoms with Crippen LogP contribution >= 0.6 is 0 Å². The van der Waals surface area contributed by atoms with Crippen molar-refractivity contribution in [1.82, 2.24) is 9.80 Å². The fraction of sp³-hybridized carbons (Fsp3) is 0.440. The van der Waals surface area contributed by atoms with Crippen molar-refractivity contribution >= 4 is 11.9 Å². The lowest BCUT2D eigenvalue weighted by Crippen LogP contribution is -2.47. The van der Waals surface area contributed by atoms with E-state index in [-0.39, 0.29) is 0 Å². The molecule has 0 saturated carbocycles. The molecule has 1 saturated heterocycles. The highest BCUT2D eigenvalue weighted by molar-refractivity contribution is 6.27. The van der Waals surface area contributed by atoms with Gasteiger partial charge in [0.2, 0.25) is 0 Å². The fourth-order valence-corrected chi connectivity index (χ4v) is 3.26. The van der Waals surface area contributed by atoms with Gasteiger partial charge >= 0.3 is 11.9 Å². The third-order valence-corrected chi connectivity index (χ3v) is 5.22. The number of hydrogen-bond donors (Lipinski definition) is 2. The molecule has 0 radical (unpaired) electrons. The minimum atomic E-state index is -1.82. The Labute approximate surface area is 200 Å². The first kappa shape index (κ1) is 27.1. The van der Waals surface area contributed by atoms with Gasteiger partial charge in [0, 0.05) is 32.7 Å². The van der Waals surface area contributed by atoms with Crippen molar-refractivity contribution in [2.75, 3.05) is 59.1 Å². The summed E-state index contributed by atoms with van der Waals surface area (Å²) < 4.78 is 17.6. The average molecular weight is 475 g/mol. The molecule has 0 spiro atoms. The summed E-state index contributed by atoms with van der Waals surface area (Å²) in [6, 6.07) is 17.9. The summed E-state index contributed by atoms with van der Waals surface area (Å²) in [4.78, 5) is 23.2. The minimum Gasteiger partial charge on any atom is -0.487 e. The van der Waals surface area contributed by atoms with E-state index < -0.39 is 11.9 Å².